The molecular weight excluding hydrogens is 674 g/mol. The summed E-state index contributed by atoms with van der Waals surface area (Å²) in [5.74, 6) is -6.55. The van der Waals surface area contributed by atoms with Gasteiger partial charge in [-0.25, -0.2) is 4.39 Å². The van der Waals surface area contributed by atoms with E-state index >= 15 is 0 Å². The molecule has 3 aromatic carbocycles. The smallest absolute Gasteiger partial charge is 0.253 e. The molecule has 9 nitrogen and oxygen atoms in total. The van der Waals surface area contributed by atoms with Gasteiger partial charge in [0.1, 0.15) is 11.5 Å². The maximum atomic E-state index is 14.7. The summed E-state index contributed by atoms with van der Waals surface area (Å²) >= 11 is 14.2. The minimum absolute atomic E-state index is 0.0327. The summed E-state index contributed by atoms with van der Waals surface area (Å²) in [7, 11) is 4.42. The number of carbonyl (C=O) groups is 4. The monoisotopic (exact) mass is 704 g/mol. The largest absolute Gasteiger partial charge is 0.505 e. The number of fused-ring (bicyclic) bond motifs is 4. The molecule has 12 heteroatoms. The summed E-state index contributed by atoms with van der Waals surface area (Å²) in [6.07, 6.45) is 5.38. The number of hydrogen-bond acceptors (Lipinski definition) is 7. The minimum atomic E-state index is -2.12. The highest BCUT2D eigenvalue weighted by molar-refractivity contribution is 6.53. The van der Waals surface area contributed by atoms with Gasteiger partial charge in [-0.3, -0.25) is 29.0 Å². The van der Waals surface area contributed by atoms with E-state index in [0.717, 1.165) is 27.0 Å². The number of para-hydroxylation sites is 1. The number of carbonyl (C=O) groups excluding carboxylic acids is 4. The quantitative estimate of drug-likeness (QED) is 0.147. The lowest BCUT2D eigenvalue weighted by molar-refractivity contribution is -0.138. The number of benzene rings is 3. The van der Waals surface area contributed by atoms with E-state index < -0.39 is 68.6 Å². The first kappa shape index (κ1) is 32.9. The molecule has 2 saturated heterocycles. The first-order chi connectivity index (χ1) is 23.4. The number of rotatable bonds is 6. The molecule has 0 radical (unpaired) electrons. The predicted octanol–water partition coefficient (Wildman–Crippen LogP) is 5.91. The number of ether oxygens (including phenoxy) is 2. The Balaban J connectivity index is 1.23. The van der Waals surface area contributed by atoms with Crippen LogP contribution in [0.4, 0.5) is 10.1 Å². The summed E-state index contributed by atoms with van der Waals surface area (Å²) in [6.45, 7) is 0. The van der Waals surface area contributed by atoms with Crippen molar-refractivity contribution >= 4 is 64.7 Å². The minimum Gasteiger partial charge on any atom is -0.505 e. The number of anilines is 1. The number of hydrogen-bond donors (Lipinski definition) is 1. The fourth-order valence-corrected chi connectivity index (χ4v) is 9.01. The van der Waals surface area contributed by atoms with E-state index in [0.29, 0.717) is 22.8 Å². The molecule has 1 saturated carbocycles. The van der Waals surface area contributed by atoms with E-state index in [9.17, 15) is 28.7 Å². The first-order valence-corrected chi connectivity index (χ1v) is 16.4. The topological polar surface area (TPSA) is 113 Å². The van der Waals surface area contributed by atoms with Crippen molar-refractivity contribution < 1.29 is 38.1 Å². The van der Waals surface area contributed by atoms with Crippen LogP contribution in [0.5, 0.6) is 17.2 Å². The van der Waals surface area contributed by atoms with Gasteiger partial charge in [0.25, 0.3) is 11.8 Å². The Kier molecular flexibility index (Phi) is 7.87. The van der Waals surface area contributed by atoms with Crippen LogP contribution in [0.25, 0.3) is 12.2 Å². The van der Waals surface area contributed by atoms with Gasteiger partial charge in [-0.05, 0) is 60.7 Å². The van der Waals surface area contributed by atoms with Crippen molar-refractivity contribution in [3.05, 3.63) is 94.8 Å². The van der Waals surface area contributed by atoms with Crippen LogP contribution >= 0.6 is 23.2 Å². The molecule has 2 aliphatic carbocycles. The fourth-order valence-electron chi connectivity index (χ4n) is 8.00. The molecule has 7 rings (SSSR count). The van der Waals surface area contributed by atoms with Crippen LogP contribution in [-0.2, 0) is 19.2 Å². The second-order valence-electron chi connectivity index (χ2n) is 12.7. The molecule has 4 aliphatic rings. The average Bonchev–Trinajstić information content (AvgIpc) is 3.43. The Morgan fingerprint density at radius 3 is 2.35 bits per heavy atom. The summed E-state index contributed by atoms with van der Waals surface area (Å²) in [5, 5.41) is 10.9. The molecule has 0 bridgehead atoms. The van der Waals surface area contributed by atoms with Gasteiger partial charge in [-0.1, -0.05) is 48.1 Å². The normalized spacial score (nSPS) is 29.2. The van der Waals surface area contributed by atoms with Crippen molar-refractivity contribution in [2.75, 3.05) is 26.2 Å². The van der Waals surface area contributed by atoms with E-state index in [1.807, 2.05) is 18.2 Å². The van der Waals surface area contributed by atoms with Crippen molar-refractivity contribution in [1.29, 1.82) is 0 Å². The number of alkyl halides is 2. The molecule has 4 amide bonds. The van der Waals surface area contributed by atoms with Crippen molar-refractivity contribution in [2.24, 2.45) is 17.8 Å². The third-order valence-corrected chi connectivity index (χ3v) is 11.8. The van der Waals surface area contributed by atoms with Gasteiger partial charge in [0.05, 0.1) is 31.7 Å². The number of phenols is 1. The lowest BCUT2D eigenvalue weighted by Gasteiger charge is -2.50. The predicted molar refractivity (Wildman–Crippen MR) is 181 cm³/mol. The number of imide groups is 2. The van der Waals surface area contributed by atoms with Crippen molar-refractivity contribution in [1.82, 2.24) is 4.90 Å². The Morgan fingerprint density at radius 2 is 1.65 bits per heavy atom. The number of amides is 4. The Hall–Kier alpha value is -4.67. The van der Waals surface area contributed by atoms with Gasteiger partial charge in [-0.2, -0.15) is 0 Å². The molecule has 3 fully saturated rings. The maximum Gasteiger partial charge on any atom is 0.253 e. The van der Waals surface area contributed by atoms with Crippen LogP contribution in [-0.4, -0.2) is 64.7 Å². The van der Waals surface area contributed by atoms with Gasteiger partial charge in [-0.15, -0.1) is 23.2 Å². The van der Waals surface area contributed by atoms with Crippen molar-refractivity contribution in [2.45, 2.75) is 28.5 Å². The van der Waals surface area contributed by atoms with Crippen LogP contribution in [0.1, 0.15) is 35.4 Å². The zero-order valence-electron chi connectivity index (χ0n) is 26.7. The number of likely N-dealkylation sites (tertiary alicyclic amines) is 1. The van der Waals surface area contributed by atoms with E-state index in [4.69, 9.17) is 32.7 Å². The summed E-state index contributed by atoms with van der Waals surface area (Å²) < 4.78 is 25.5. The van der Waals surface area contributed by atoms with E-state index in [2.05, 4.69) is 0 Å². The number of aromatic hydroxyl groups is 1. The highest BCUT2D eigenvalue weighted by atomic mass is 35.5. The number of phenolic OH excluding ortho intramolecular Hbond substituents is 1. The third kappa shape index (κ3) is 4.64. The van der Waals surface area contributed by atoms with Crippen molar-refractivity contribution in [3.8, 4) is 17.2 Å². The third-order valence-electron chi connectivity index (χ3n) is 10.4. The van der Waals surface area contributed by atoms with Gasteiger partial charge in [0.15, 0.2) is 21.3 Å². The van der Waals surface area contributed by atoms with Crippen molar-refractivity contribution in [3.63, 3.8) is 0 Å². The van der Waals surface area contributed by atoms with Crippen LogP contribution in [0.15, 0.2) is 72.3 Å². The van der Waals surface area contributed by atoms with Gasteiger partial charge in [0.2, 0.25) is 11.8 Å². The first-order valence-electron chi connectivity index (χ1n) is 15.6. The molecule has 3 aromatic rings. The molecule has 6 atom stereocenters. The van der Waals surface area contributed by atoms with Gasteiger partial charge in [0, 0.05) is 24.1 Å². The fraction of sp³-hybridized carbons (Fsp3) is 0.297. The molecule has 0 unspecified atom stereocenters. The van der Waals surface area contributed by atoms with Gasteiger partial charge < -0.3 is 14.6 Å². The molecule has 252 valence electrons. The van der Waals surface area contributed by atoms with E-state index in [-0.39, 0.29) is 18.4 Å². The summed E-state index contributed by atoms with van der Waals surface area (Å²) in [4.78, 5) is 53.3. The summed E-state index contributed by atoms with van der Waals surface area (Å²) in [5.41, 5.74) is 2.40. The second-order valence-corrected chi connectivity index (χ2v) is 14.0. The Morgan fingerprint density at radius 1 is 0.918 bits per heavy atom. The number of allylic oxidation sites excluding steroid dienone is 2. The summed E-state index contributed by atoms with van der Waals surface area (Å²) in [6, 6.07) is 16.2. The second kappa shape index (κ2) is 11.7. The standard InChI is InChI=1S/C37H31Cl2FN2O7/c1-41-34(46)36(38)18-26-23(30(37(36,39)35(41)47)25-5-4-6-27(40)31(25)43)14-15-24-29(26)33(45)42(32(24)44)21-11-8-19(9-12-21)7-10-20-17-22(48-2)13-16-28(20)49-3/h4-14,16-17,24,26,29-30,43H,15,18H2,1-3H3/t24-,26+,29-,30+,36+,37-/m0/s1. The molecule has 0 aromatic heterocycles. The lowest BCUT2D eigenvalue weighted by Crippen LogP contribution is -2.60. The zero-order valence-corrected chi connectivity index (χ0v) is 28.2. The van der Waals surface area contributed by atoms with Gasteiger partial charge >= 0.3 is 0 Å². The van der Waals surface area contributed by atoms with Crippen LogP contribution < -0.4 is 14.4 Å². The van der Waals surface area contributed by atoms with Crippen LogP contribution in [0, 0.1) is 23.6 Å². The molecule has 1 N–H and O–H groups in total. The Bertz CT molecular complexity index is 2000. The molecule has 2 aliphatic heterocycles. The molecule has 2 heterocycles. The SMILES string of the molecule is COc1ccc(OC)c(C=Cc2ccc(N3C(=O)[C@H]4[C@H](CC=C5[C@H]4C[C@@]4(Cl)C(=O)N(C)C(=O)[C@@]4(Cl)[C@H]5c4cccc(F)c4O)C3=O)cc2)c1. The van der Waals surface area contributed by atoms with E-state index in [1.165, 1.54) is 19.2 Å². The number of nitrogens with zero attached hydrogens (tertiary/aromatic N) is 2. The van der Waals surface area contributed by atoms with Crippen LogP contribution in [0.3, 0.4) is 0 Å². The molecular formula is C37H31Cl2FN2O7. The molecule has 49 heavy (non-hydrogen) atoms. The highest BCUT2D eigenvalue weighted by Gasteiger charge is 2.76. The lowest BCUT2D eigenvalue weighted by atomic mass is 9.56. The average molecular weight is 706 g/mol. The number of methoxy groups -OCH3 is 2. The van der Waals surface area contributed by atoms with E-state index in [1.54, 1.807) is 56.7 Å². The molecule has 0 spiro atoms. The Labute approximate surface area is 291 Å². The van der Waals surface area contributed by atoms with Crippen LogP contribution in [0.2, 0.25) is 0 Å². The maximum absolute atomic E-state index is 14.7. The highest BCUT2D eigenvalue weighted by Crippen LogP contribution is 2.66. The zero-order chi connectivity index (χ0) is 35.0. The number of halogens is 3.